The van der Waals surface area contributed by atoms with Crippen molar-refractivity contribution >= 4 is 28.4 Å². The predicted molar refractivity (Wildman–Crippen MR) is 104 cm³/mol. The molecular weight excluding hydrogens is 385 g/mol. The highest BCUT2D eigenvalue weighted by Crippen LogP contribution is 2.33. The van der Waals surface area contributed by atoms with Crippen molar-refractivity contribution in [1.29, 1.82) is 0 Å². The molecule has 0 radical (unpaired) electrons. The lowest BCUT2D eigenvalue weighted by molar-refractivity contribution is -0.171. The summed E-state index contributed by atoms with van der Waals surface area (Å²) in [6, 6.07) is 8.67. The number of amides is 1. The van der Waals surface area contributed by atoms with Crippen LogP contribution in [-0.2, 0) is 16.1 Å². The summed E-state index contributed by atoms with van der Waals surface area (Å²) in [4.78, 5) is 19.4. The first kappa shape index (κ1) is 18.7. The average Bonchev–Trinajstić information content (AvgIpc) is 3.05. The van der Waals surface area contributed by atoms with Crippen LogP contribution in [0, 0.1) is 5.95 Å². The fraction of sp³-hybridized carbons (Fsp3) is 0.300. The summed E-state index contributed by atoms with van der Waals surface area (Å²) in [6.07, 6.45) is 0.718. The van der Waals surface area contributed by atoms with Crippen LogP contribution in [0.15, 0.2) is 30.3 Å². The predicted octanol–water partition coefficient (Wildman–Crippen LogP) is 3.83. The Bertz CT molecular complexity index is 1060. The second kappa shape index (κ2) is 7.07. The molecule has 3 heterocycles. The van der Waals surface area contributed by atoms with Crippen LogP contribution in [0.1, 0.15) is 19.0 Å². The minimum absolute atomic E-state index is 0.0722. The van der Waals surface area contributed by atoms with E-state index in [1.165, 1.54) is 13.2 Å². The molecule has 1 unspecified atom stereocenters. The van der Waals surface area contributed by atoms with Crippen molar-refractivity contribution < 1.29 is 18.7 Å². The highest BCUT2D eigenvalue weighted by atomic mass is 35.5. The van der Waals surface area contributed by atoms with Crippen molar-refractivity contribution in [3.8, 4) is 17.0 Å². The number of fused-ring (bicyclic) bond motifs is 1. The lowest BCUT2D eigenvalue weighted by Crippen LogP contribution is -2.53. The maximum Gasteiger partial charge on any atom is 0.255 e. The molecule has 1 aromatic carbocycles. The summed E-state index contributed by atoms with van der Waals surface area (Å²) in [5.74, 6) is -0.755. The highest BCUT2D eigenvalue weighted by molar-refractivity contribution is 6.34. The number of aromatic amines is 1. The summed E-state index contributed by atoms with van der Waals surface area (Å²) in [6.45, 7) is 2.73. The van der Waals surface area contributed by atoms with E-state index in [0.717, 1.165) is 23.0 Å². The van der Waals surface area contributed by atoms with Gasteiger partial charge in [-0.1, -0.05) is 11.6 Å². The number of H-pyrrole nitrogens is 1. The van der Waals surface area contributed by atoms with Crippen LogP contribution in [0.25, 0.3) is 22.2 Å². The van der Waals surface area contributed by atoms with Gasteiger partial charge in [-0.25, -0.2) is 4.98 Å². The molecule has 1 aliphatic heterocycles. The van der Waals surface area contributed by atoms with Crippen LogP contribution >= 0.6 is 11.6 Å². The van der Waals surface area contributed by atoms with Crippen LogP contribution < -0.4 is 10.1 Å². The lowest BCUT2D eigenvalue weighted by Gasteiger charge is -2.36. The maximum atomic E-state index is 14.0. The molecule has 1 aliphatic rings. The normalized spacial score (nSPS) is 18.7. The van der Waals surface area contributed by atoms with E-state index < -0.39 is 11.5 Å². The second-order valence-electron chi connectivity index (χ2n) is 6.92. The van der Waals surface area contributed by atoms with Gasteiger partial charge in [-0.05, 0) is 37.3 Å². The van der Waals surface area contributed by atoms with Crippen LogP contribution in [0.2, 0.25) is 5.02 Å². The molecule has 0 spiro atoms. The number of methoxy groups -OCH3 is 1. The molecule has 1 fully saturated rings. The van der Waals surface area contributed by atoms with E-state index in [2.05, 4.69) is 15.3 Å². The zero-order valence-corrected chi connectivity index (χ0v) is 16.2. The minimum atomic E-state index is -0.730. The van der Waals surface area contributed by atoms with Crippen molar-refractivity contribution in [2.75, 3.05) is 13.7 Å². The Kier molecular flexibility index (Phi) is 4.72. The summed E-state index contributed by atoms with van der Waals surface area (Å²) in [5.41, 5.74) is 1.92. The number of rotatable bonds is 5. The van der Waals surface area contributed by atoms with E-state index in [0.29, 0.717) is 29.4 Å². The van der Waals surface area contributed by atoms with Crippen LogP contribution in [0.3, 0.4) is 0 Å². The standard InChI is InChI=1S/C20H19ClFN3O3/c1-20(5-6-28-20)19(26)23-10-12-7-11-8-14(21)13(9-16(11)24-12)15-3-4-17(27-2)18(22)25-15/h3-4,7-9,24H,5-6,10H2,1-2H3,(H,23,26). The number of carbonyl (C=O) groups excluding carboxylic acids is 1. The first-order valence-corrected chi connectivity index (χ1v) is 9.22. The number of hydrogen-bond acceptors (Lipinski definition) is 4. The van der Waals surface area contributed by atoms with Gasteiger partial charge in [-0.2, -0.15) is 4.39 Å². The fourth-order valence-electron chi connectivity index (χ4n) is 3.18. The number of pyridine rings is 1. The van der Waals surface area contributed by atoms with Gasteiger partial charge in [0.1, 0.15) is 5.60 Å². The van der Waals surface area contributed by atoms with Gasteiger partial charge < -0.3 is 19.8 Å². The van der Waals surface area contributed by atoms with E-state index in [-0.39, 0.29) is 11.7 Å². The number of nitrogens with one attached hydrogen (secondary N) is 2. The zero-order valence-electron chi connectivity index (χ0n) is 15.4. The van der Waals surface area contributed by atoms with Gasteiger partial charge in [0.2, 0.25) is 0 Å². The van der Waals surface area contributed by atoms with Crippen molar-refractivity contribution in [2.24, 2.45) is 0 Å². The number of halogens is 2. The molecule has 6 nitrogen and oxygen atoms in total. The van der Waals surface area contributed by atoms with E-state index >= 15 is 0 Å². The van der Waals surface area contributed by atoms with Crippen molar-refractivity contribution in [3.05, 3.63) is 47.0 Å². The van der Waals surface area contributed by atoms with Gasteiger partial charge in [-0.15, -0.1) is 0 Å². The van der Waals surface area contributed by atoms with E-state index in [4.69, 9.17) is 21.1 Å². The van der Waals surface area contributed by atoms with E-state index in [9.17, 15) is 9.18 Å². The number of nitrogens with zero attached hydrogens (tertiary/aromatic N) is 1. The van der Waals surface area contributed by atoms with Gasteiger partial charge in [0.15, 0.2) is 5.75 Å². The molecule has 1 amide bonds. The van der Waals surface area contributed by atoms with Crippen LogP contribution in [0.5, 0.6) is 5.75 Å². The molecule has 146 valence electrons. The summed E-state index contributed by atoms with van der Waals surface area (Å²) < 4.78 is 24.2. The number of ether oxygens (including phenoxy) is 2. The SMILES string of the molecule is COc1ccc(-c2cc3[nH]c(CNC(=O)C4(C)CCO4)cc3cc2Cl)nc1F. The van der Waals surface area contributed by atoms with Gasteiger partial charge >= 0.3 is 0 Å². The Hall–Kier alpha value is -2.64. The minimum Gasteiger partial charge on any atom is -0.492 e. The monoisotopic (exact) mass is 403 g/mol. The Morgan fingerprint density at radius 3 is 2.86 bits per heavy atom. The quantitative estimate of drug-likeness (QED) is 0.635. The van der Waals surface area contributed by atoms with Crippen molar-refractivity contribution in [2.45, 2.75) is 25.5 Å². The molecule has 1 atom stereocenters. The van der Waals surface area contributed by atoms with Crippen molar-refractivity contribution in [3.63, 3.8) is 0 Å². The third kappa shape index (κ3) is 3.31. The van der Waals surface area contributed by atoms with Crippen LogP contribution in [0.4, 0.5) is 4.39 Å². The summed E-state index contributed by atoms with van der Waals surface area (Å²) >= 11 is 6.39. The fourth-order valence-corrected chi connectivity index (χ4v) is 3.45. The average molecular weight is 404 g/mol. The molecule has 2 N–H and O–H groups in total. The lowest BCUT2D eigenvalue weighted by atomic mass is 9.96. The smallest absolute Gasteiger partial charge is 0.255 e. The Labute approximate surface area is 166 Å². The molecule has 0 bridgehead atoms. The summed E-state index contributed by atoms with van der Waals surface area (Å²) in [7, 11) is 1.38. The molecule has 28 heavy (non-hydrogen) atoms. The molecule has 2 aromatic heterocycles. The van der Waals surface area contributed by atoms with Gasteiger partial charge in [0.05, 0.1) is 31.0 Å². The molecule has 0 aliphatic carbocycles. The third-order valence-electron chi connectivity index (χ3n) is 4.99. The number of benzene rings is 1. The largest absolute Gasteiger partial charge is 0.492 e. The first-order valence-electron chi connectivity index (χ1n) is 8.84. The molecule has 1 saturated heterocycles. The topological polar surface area (TPSA) is 76.2 Å². The molecule has 0 saturated carbocycles. The maximum absolute atomic E-state index is 14.0. The Morgan fingerprint density at radius 1 is 1.43 bits per heavy atom. The van der Waals surface area contributed by atoms with Gasteiger partial charge in [0, 0.05) is 28.6 Å². The number of carbonyl (C=O) groups is 1. The Balaban J connectivity index is 1.58. The first-order chi connectivity index (χ1) is 13.4. The number of aromatic nitrogens is 2. The third-order valence-corrected chi connectivity index (χ3v) is 5.31. The van der Waals surface area contributed by atoms with E-state index in [1.54, 1.807) is 19.1 Å². The zero-order chi connectivity index (χ0) is 19.9. The summed E-state index contributed by atoms with van der Waals surface area (Å²) in [5, 5.41) is 4.22. The second-order valence-corrected chi connectivity index (χ2v) is 7.32. The van der Waals surface area contributed by atoms with Gasteiger partial charge in [-0.3, -0.25) is 4.79 Å². The molecule has 3 aromatic rings. The molecular formula is C20H19ClFN3O3. The molecule has 4 rings (SSSR count). The van der Waals surface area contributed by atoms with E-state index in [1.807, 2.05) is 12.1 Å². The van der Waals surface area contributed by atoms with Crippen LogP contribution in [-0.4, -0.2) is 35.2 Å². The number of hydrogen-bond donors (Lipinski definition) is 2. The molecule has 8 heteroatoms. The Morgan fingerprint density at radius 2 is 2.21 bits per heavy atom. The highest BCUT2D eigenvalue weighted by Gasteiger charge is 2.40. The van der Waals surface area contributed by atoms with Gasteiger partial charge in [0.25, 0.3) is 11.9 Å². The van der Waals surface area contributed by atoms with Crippen molar-refractivity contribution in [1.82, 2.24) is 15.3 Å².